The molecule has 1 aromatic carbocycles. The number of hydrogen-bond acceptors (Lipinski definition) is 2. The summed E-state index contributed by atoms with van der Waals surface area (Å²) in [6, 6.07) is 11.8. The lowest BCUT2D eigenvalue weighted by Crippen LogP contribution is -2.38. The normalized spacial score (nSPS) is 15.1. The van der Waals surface area contributed by atoms with Crippen LogP contribution < -0.4 is 5.32 Å². The minimum absolute atomic E-state index is 0.430. The van der Waals surface area contributed by atoms with E-state index in [0.717, 1.165) is 13.1 Å². The lowest BCUT2D eigenvalue weighted by molar-refractivity contribution is 0.184. The summed E-state index contributed by atoms with van der Waals surface area (Å²) in [7, 11) is 2.06. The minimum atomic E-state index is 0.430. The Labute approximate surface area is 112 Å². The molecule has 1 aromatic rings. The SMILES string of the molecule is CCN(CC(C)C(NC)c1ccccc1)C(C)C. The van der Waals surface area contributed by atoms with Crippen LogP contribution in [0.5, 0.6) is 0 Å². The fourth-order valence-electron chi connectivity index (χ4n) is 2.62. The van der Waals surface area contributed by atoms with E-state index in [2.05, 4.69) is 75.3 Å². The molecule has 1 rings (SSSR count). The van der Waals surface area contributed by atoms with E-state index < -0.39 is 0 Å². The highest BCUT2D eigenvalue weighted by Crippen LogP contribution is 2.22. The Morgan fingerprint density at radius 3 is 2.17 bits per heavy atom. The lowest BCUT2D eigenvalue weighted by atomic mass is 9.94. The zero-order valence-corrected chi connectivity index (χ0v) is 12.5. The van der Waals surface area contributed by atoms with Crippen molar-refractivity contribution in [2.45, 2.75) is 39.8 Å². The number of nitrogens with zero attached hydrogens (tertiary/aromatic N) is 1. The first-order chi connectivity index (χ1) is 8.60. The van der Waals surface area contributed by atoms with Gasteiger partial charge in [-0.15, -0.1) is 0 Å². The molecule has 1 N–H and O–H groups in total. The Morgan fingerprint density at radius 1 is 1.11 bits per heavy atom. The number of nitrogens with one attached hydrogen (secondary N) is 1. The Bertz CT molecular complexity index is 321. The standard InChI is InChI=1S/C16H28N2/c1-6-18(13(2)3)12-14(4)16(17-5)15-10-8-7-9-11-15/h7-11,13-14,16-17H,6,12H2,1-5H3. The average Bonchev–Trinajstić information content (AvgIpc) is 2.37. The highest BCUT2D eigenvalue weighted by Gasteiger charge is 2.20. The summed E-state index contributed by atoms with van der Waals surface area (Å²) < 4.78 is 0. The minimum Gasteiger partial charge on any atom is -0.313 e. The Balaban J connectivity index is 2.71. The van der Waals surface area contributed by atoms with E-state index >= 15 is 0 Å². The first-order valence-electron chi connectivity index (χ1n) is 7.06. The fourth-order valence-corrected chi connectivity index (χ4v) is 2.62. The van der Waals surface area contributed by atoms with Gasteiger partial charge in [0.15, 0.2) is 0 Å². The second kappa shape index (κ2) is 7.55. The van der Waals surface area contributed by atoms with Crippen molar-refractivity contribution in [3.05, 3.63) is 35.9 Å². The van der Waals surface area contributed by atoms with Gasteiger partial charge in [-0.05, 0) is 38.9 Å². The number of benzene rings is 1. The second-order valence-electron chi connectivity index (χ2n) is 5.34. The summed E-state index contributed by atoms with van der Waals surface area (Å²) in [6.45, 7) is 11.4. The Hall–Kier alpha value is -0.860. The molecule has 0 aliphatic heterocycles. The third-order valence-corrected chi connectivity index (χ3v) is 3.70. The summed E-state index contributed by atoms with van der Waals surface area (Å²) in [5, 5.41) is 3.46. The Morgan fingerprint density at radius 2 is 1.72 bits per heavy atom. The van der Waals surface area contributed by atoms with Crippen molar-refractivity contribution in [3.63, 3.8) is 0 Å². The summed E-state index contributed by atoms with van der Waals surface area (Å²) >= 11 is 0. The molecule has 0 spiro atoms. The summed E-state index contributed by atoms with van der Waals surface area (Å²) in [4.78, 5) is 2.53. The largest absolute Gasteiger partial charge is 0.313 e. The van der Waals surface area contributed by atoms with Gasteiger partial charge in [-0.3, -0.25) is 0 Å². The van der Waals surface area contributed by atoms with Gasteiger partial charge in [0, 0.05) is 18.6 Å². The smallest absolute Gasteiger partial charge is 0.0355 e. The van der Waals surface area contributed by atoms with Crippen LogP contribution >= 0.6 is 0 Å². The van der Waals surface area contributed by atoms with Crippen LogP contribution in [0, 0.1) is 5.92 Å². The number of hydrogen-bond donors (Lipinski definition) is 1. The van der Waals surface area contributed by atoms with Gasteiger partial charge in [0.2, 0.25) is 0 Å². The molecule has 0 amide bonds. The molecule has 0 aliphatic carbocycles. The molecule has 0 saturated heterocycles. The first kappa shape index (κ1) is 15.2. The third-order valence-electron chi connectivity index (χ3n) is 3.70. The second-order valence-corrected chi connectivity index (χ2v) is 5.34. The van der Waals surface area contributed by atoms with Crippen LogP contribution in [0.15, 0.2) is 30.3 Å². The third kappa shape index (κ3) is 4.11. The van der Waals surface area contributed by atoms with Gasteiger partial charge in [-0.1, -0.05) is 44.2 Å². The predicted octanol–water partition coefficient (Wildman–Crippen LogP) is 3.31. The molecule has 0 aromatic heterocycles. The van der Waals surface area contributed by atoms with E-state index in [1.807, 2.05) is 0 Å². The molecular formula is C16H28N2. The van der Waals surface area contributed by atoms with Gasteiger partial charge >= 0.3 is 0 Å². The van der Waals surface area contributed by atoms with Gasteiger partial charge in [-0.25, -0.2) is 0 Å². The summed E-state index contributed by atoms with van der Waals surface area (Å²) in [5.74, 6) is 0.597. The van der Waals surface area contributed by atoms with Crippen LogP contribution in [0.4, 0.5) is 0 Å². The summed E-state index contributed by atoms with van der Waals surface area (Å²) in [6.07, 6.45) is 0. The molecule has 0 saturated carbocycles. The van der Waals surface area contributed by atoms with Crippen molar-refractivity contribution >= 4 is 0 Å². The molecule has 2 unspecified atom stereocenters. The molecule has 18 heavy (non-hydrogen) atoms. The molecule has 0 aliphatic rings. The van der Waals surface area contributed by atoms with Crippen molar-refractivity contribution in [1.82, 2.24) is 10.2 Å². The molecule has 0 bridgehead atoms. The van der Waals surface area contributed by atoms with Crippen molar-refractivity contribution in [3.8, 4) is 0 Å². The first-order valence-corrected chi connectivity index (χ1v) is 7.06. The van der Waals surface area contributed by atoms with Gasteiger partial charge in [-0.2, -0.15) is 0 Å². The maximum Gasteiger partial charge on any atom is 0.0355 e. The number of rotatable bonds is 7. The van der Waals surface area contributed by atoms with Crippen molar-refractivity contribution in [1.29, 1.82) is 0 Å². The van der Waals surface area contributed by atoms with Crippen LogP contribution in [0.25, 0.3) is 0 Å². The zero-order chi connectivity index (χ0) is 13.5. The lowest BCUT2D eigenvalue weighted by Gasteiger charge is -2.32. The van der Waals surface area contributed by atoms with Gasteiger partial charge in [0.05, 0.1) is 0 Å². The van der Waals surface area contributed by atoms with Crippen molar-refractivity contribution < 1.29 is 0 Å². The maximum absolute atomic E-state index is 3.46. The van der Waals surface area contributed by atoms with Crippen LogP contribution in [-0.4, -0.2) is 31.1 Å². The molecule has 0 heterocycles. The van der Waals surface area contributed by atoms with Crippen LogP contribution in [0.3, 0.4) is 0 Å². The van der Waals surface area contributed by atoms with E-state index in [-0.39, 0.29) is 0 Å². The van der Waals surface area contributed by atoms with Crippen LogP contribution in [0.2, 0.25) is 0 Å². The zero-order valence-electron chi connectivity index (χ0n) is 12.5. The summed E-state index contributed by atoms with van der Waals surface area (Å²) in [5.41, 5.74) is 1.38. The highest BCUT2D eigenvalue weighted by molar-refractivity contribution is 5.19. The quantitative estimate of drug-likeness (QED) is 0.796. The topological polar surface area (TPSA) is 15.3 Å². The van der Waals surface area contributed by atoms with Gasteiger partial charge < -0.3 is 10.2 Å². The van der Waals surface area contributed by atoms with Crippen LogP contribution in [0.1, 0.15) is 39.3 Å². The Kier molecular flexibility index (Phi) is 6.37. The molecule has 0 fully saturated rings. The molecule has 2 nitrogen and oxygen atoms in total. The average molecular weight is 248 g/mol. The van der Waals surface area contributed by atoms with Gasteiger partial charge in [0.25, 0.3) is 0 Å². The van der Waals surface area contributed by atoms with E-state index in [4.69, 9.17) is 0 Å². The van der Waals surface area contributed by atoms with Crippen molar-refractivity contribution in [2.75, 3.05) is 20.1 Å². The van der Waals surface area contributed by atoms with E-state index in [1.54, 1.807) is 0 Å². The molecular weight excluding hydrogens is 220 g/mol. The predicted molar refractivity (Wildman–Crippen MR) is 79.8 cm³/mol. The molecule has 2 atom stereocenters. The van der Waals surface area contributed by atoms with E-state index in [1.165, 1.54) is 5.56 Å². The highest BCUT2D eigenvalue weighted by atomic mass is 15.1. The molecule has 102 valence electrons. The van der Waals surface area contributed by atoms with Crippen molar-refractivity contribution in [2.24, 2.45) is 5.92 Å². The monoisotopic (exact) mass is 248 g/mol. The van der Waals surface area contributed by atoms with Crippen LogP contribution in [-0.2, 0) is 0 Å². The molecule has 2 heteroatoms. The molecule has 0 radical (unpaired) electrons. The fraction of sp³-hybridized carbons (Fsp3) is 0.625. The van der Waals surface area contributed by atoms with E-state index in [9.17, 15) is 0 Å². The van der Waals surface area contributed by atoms with E-state index in [0.29, 0.717) is 18.0 Å². The van der Waals surface area contributed by atoms with Gasteiger partial charge in [0.1, 0.15) is 0 Å². The maximum atomic E-state index is 3.46.